The Balaban J connectivity index is 1.99. The highest BCUT2D eigenvalue weighted by atomic mass is 16.2. The molecule has 0 aliphatic carbocycles. The van der Waals surface area contributed by atoms with E-state index >= 15 is 0 Å². The van der Waals surface area contributed by atoms with Gasteiger partial charge in [0.05, 0.1) is 10.9 Å². The summed E-state index contributed by atoms with van der Waals surface area (Å²) in [5.74, 6) is 0.870. The van der Waals surface area contributed by atoms with Gasteiger partial charge >= 0.3 is 0 Å². The van der Waals surface area contributed by atoms with Gasteiger partial charge in [-0.15, -0.1) is 0 Å². The maximum Gasteiger partial charge on any atom is 0.261 e. The molecule has 2 heterocycles. The molecule has 1 aliphatic heterocycles. The Morgan fingerprint density at radius 2 is 2.12 bits per heavy atom. The maximum absolute atomic E-state index is 12.7. The molecular weight excluding hydrogens is 302 g/mol. The molecule has 0 saturated heterocycles. The lowest BCUT2D eigenvalue weighted by atomic mass is 10.1. The molecule has 3 rings (SSSR count). The van der Waals surface area contributed by atoms with Crippen LogP contribution in [0.1, 0.15) is 55.7 Å². The van der Waals surface area contributed by atoms with E-state index in [0.29, 0.717) is 23.0 Å². The summed E-state index contributed by atoms with van der Waals surface area (Å²) in [6.07, 6.45) is 4.99. The Bertz CT molecular complexity index is 810. The van der Waals surface area contributed by atoms with Gasteiger partial charge in [0.2, 0.25) is 0 Å². The van der Waals surface area contributed by atoms with Crippen LogP contribution in [0.15, 0.2) is 23.0 Å². The number of carbonyl (C=O) groups is 1. The predicted molar refractivity (Wildman–Crippen MR) is 95.4 cm³/mol. The molecule has 1 amide bonds. The van der Waals surface area contributed by atoms with E-state index in [4.69, 9.17) is 0 Å². The van der Waals surface area contributed by atoms with Gasteiger partial charge in [-0.05, 0) is 44.4 Å². The maximum atomic E-state index is 12.7. The molecule has 0 spiro atoms. The summed E-state index contributed by atoms with van der Waals surface area (Å²) in [5.41, 5.74) is 1.28. The number of benzene rings is 1. The van der Waals surface area contributed by atoms with E-state index in [1.807, 2.05) is 11.8 Å². The molecule has 1 aromatic heterocycles. The Hall–Kier alpha value is -2.17. The van der Waals surface area contributed by atoms with Crippen molar-refractivity contribution in [1.82, 2.24) is 14.5 Å². The third-order valence-corrected chi connectivity index (χ3v) is 4.76. The van der Waals surface area contributed by atoms with Gasteiger partial charge in [-0.25, -0.2) is 4.98 Å². The van der Waals surface area contributed by atoms with Crippen LogP contribution in [0.2, 0.25) is 0 Å². The van der Waals surface area contributed by atoms with E-state index in [-0.39, 0.29) is 11.5 Å². The van der Waals surface area contributed by atoms with Gasteiger partial charge in [0.25, 0.3) is 11.5 Å². The van der Waals surface area contributed by atoms with E-state index in [2.05, 4.69) is 11.9 Å². The first kappa shape index (κ1) is 16.7. The summed E-state index contributed by atoms with van der Waals surface area (Å²) in [6.45, 7) is 6.32. The molecule has 1 aromatic carbocycles. The molecule has 0 atom stereocenters. The summed E-state index contributed by atoms with van der Waals surface area (Å²) in [6, 6.07) is 5.30. The molecule has 1 aliphatic rings. The highest BCUT2D eigenvalue weighted by Gasteiger charge is 2.18. The van der Waals surface area contributed by atoms with Gasteiger partial charge < -0.3 is 4.90 Å². The van der Waals surface area contributed by atoms with Crippen molar-refractivity contribution in [2.75, 3.05) is 13.1 Å². The van der Waals surface area contributed by atoms with Crippen LogP contribution in [0.4, 0.5) is 0 Å². The largest absolute Gasteiger partial charge is 0.339 e. The third kappa shape index (κ3) is 3.07. The van der Waals surface area contributed by atoms with Crippen LogP contribution >= 0.6 is 0 Å². The summed E-state index contributed by atoms with van der Waals surface area (Å²) < 4.78 is 1.78. The lowest BCUT2D eigenvalue weighted by Crippen LogP contribution is -2.32. The zero-order valence-corrected chi connectivity index (χ0v) is 14.5. The van der Waals surface area contributed by atoms with Gasteiger partial charge in [0.1, 0.15) is 5.82 Å². The van der Waals surface area contributed by atoms with Crippen LogP contribution in [-0.2, 0) is 13.0 Å². The number of rotatable bonds is 5. The minimum Gasteiger partial charge on any atom is -0.339 e. The number of hydrogen-bond donors (Lipinski definition) is 0. The normalized spacial score (nSPS) is 13.8. The second-order valence-electron chi connectivity index (χ2n) is 6.41. The van der Waals surface area contributed by atoms with Gasteiger partial charge in [0, 0.05) is 31.6 Å². The van der Waals surface area contributed by atoms with Crippen LogP contribution in [0.25, 0.3) is 10.9 Å². The number of hydrogen-bond acceptors (Lipinski definition) is 3. The van der Waals surface area contributed by atoms with Crippen LogP contribution in [-0.4, -0.2) is 33.4 Å². The second-order valence-corrected chi connectivity index (χ2v) is 6.41. The summed E-state index contributed by atoms with van der Waals surface area (Å²) in [7, 11) is 0. The van der Waals surface area contributed by atoms with Gasteiger partial charge in [-0.3, -0.25) is 14.2 Å². The molecule has 0 N–H and O–H groups in total. The first-order valence-electron chi connectivity index (χ1n) is 8.98. The van der Waals surface area contributed by atoms with Gasteiger partial charge in [-0.2, -0.15) is 0 Å². The van der Waals surface area contributed by atoms with Crippen molar-refractivity contribution >= 4 is 16.8 Å². The fraction of sp³-hybridized carbons (Fsp3) is 0.526. The molecule has 128 valence electrons. The second kappa shape index (κ2) is 7.16. The molecule has 0 unspecified atom stereocenters. The van der Waals surface area contributed by atoms with Crippen molar-refractivity contribution < 1.29 is 4.79 Å². The Morgan fingerprint density at radius 3 is 2.88 bits per heavy atom. The quantitative estimate of drug-likeness (QED) is 0.848. The molecule has 2 aromatic rings. The lowest BCUT2D eigenvalue weighted by molar-refractivity contribution is 0.0762. The predicted octanol–water partition coefficient (Wildman–Crippen LogP) is 3.00. The van der Waals surface area contributed by atoms with E-state index in [1.165, 1.54) is 0 Å². The Labute approximate surface area is 142 Å². The molecular formula is C19H25N3O2. The van der Waals surface area contributed by atoms with Gasteiger partial charge in [-0.1, -0.05) is 13.3 Å². The Kier molecular flexibility index (Phi) is 4.97. The molecule has 0 radical (unpaired) electrons. The molecule has 5 nitrogen and oxygen atoms in total. The zero-order valence-electron chi connectivity index (χ0n) is 14.5. The van der Waals surface area contributed by atoms with Crippen molar-refractivity contribution in [2.24, 2.45) is 0 Å². The highest BCUT2D eigenvalue weighted by molar-refractivity contribution is 5.97. The first-order valence-corrected chi connectivity index (χ1v) is 8.98. The summed E-state index contributed by atoms with van der Waals surface area (Å²) >= 11 is 0. The monoisotopic (exact) mass is 327 g/mol. The SMILES string of the molecule is CCCCN(CC)C(=O)c1ccc2c(=O)n3c(nc2c1)CCCC3. The minimum absolute atomic E-state index is 0.0204. The molecule has 24 heavy (non-hydrogen) atoms. The molecule has 0 bridgehead atoms. The smallest absolute Gasteiger partial charge is 0.261 e. The van der Waals surface area contributed by atoms with E-state index in [9.17, 15) is 9.59 Å². The van der Waals surface area contributed by atoms with Crippen LogP contribution in [0.3, 0.4) is 0 Å². The van der Waals surface area contributed by atoms with Crippen molar-refractivity contribution in [1.29, 1.82) is 0 Å². The average Bonchev–Trinajstić information content (AvgIpc) is 2.62. The first-order chi connectivity index (χ1) is 11.7. The third-order valence-electron chi connectivity index (χ3n) is 4.76. The Morgan fingerprint density at radius 1 is 1.29 bits per heavy atom. The van der Waals surface area contributed by atoms with E-state index in [0.717, 1.165) is 51.0 Å². The number of amides is 1. The van der Waals surface area contributed by atoms with E-state index in [1.54, 1.807) is 22.8 Å². The number of aromatic nitrogens is 2. The van der Waals surface area contributed by atoms with Crippen molar-refractivity contribution in [3.63, 3.8) is 0 Å². The zero-order chi connectivity index (χ0) is 17.1. The van der Waals surface area contributed by atoms with Crippen LogP contribution in [0.5, 0.6) is 0 Å². The number of fused-ring (bicyclic) bond motifs is 2. The lowest BCUT2D eigenvalue weighted by Gasteiger charge is -2.21. The number of aryl methyl sites for hydroxylation is 1. The number of carbonyl (C=O) groups excluding carboxylic acids is 1. The number of nitrogens with zero attached hydrogens (tertiary/aromatic N) is 3. The van der Waals surface area contributed by atoms with Crippen molar-refractivity contribution in [3.8, 4) is 0 Å². The topological polar surface area (TPSA) is 55.2 Å². The molecule has 0 saturated carbocycles. The van der Waals surface area contributed by atoms with E-state index < -0.39 is 0 Å². The fourth-order valence-electron chi connectivity index (χ4n) is 3.31. The summed E-state index contributed by atoms with van der Waals surface area (Å²) in [4.78, 5) is 31.8. The fourth-order valence-corrected chi connectivity index (χ4v) is 3.31. The summed E-state index contributed by atoms with van der Waals surface area (Å²) in [5, 5.41) is 0.605. The molecule has 5 heteroatoms. The van der Waals surface area contributed by atoms with Crippen LogP contribution < -0.4 is 5.56 Å². The van der Waals surface area contributed by atoms with Crippen molar-refractivity contribution in [3.05, 3.63) is 39.9 Å². The standard InChI is InChI=1S/C19H25N3O2/c1-3-5-11-21(4-2)18(23)14-9-10-15-16(13-14)20-17-8-6-7-12-22(17)19(15)24/h9-10,13H,3-8,11-12H2,1-2H3. The average molecular weight is 327 g/mol. The number of unbranched alkanes of at least 4 members (excludes halogenated alkanes) is 1. The highest BCUT2D eigenvalue weighted by Crippen LogP contribution is 2.17. The van der Waals surface area contributed by atoms with Crippen molar-refractivity contribution in [2.45, 2.75) is 52.5 Å². The van der Waals surface area contributed by atoms with Gasteiger partial charge in [0.15, 0.2) is 0 Å². The van der Waals surface area contributed by atoms with Crippen LogP contribution in [0, 0.1) is 0 Å². The molecule has 0 fully saturated rings. The minimum atomic E-state index is 0.0204.